The zero-order valence-corrected chi connectivity index (χ0v) is 8.31. The number of aliphatic hydroxyl groups is 1. The Bertz CT molecular complexity index is 394. The zero-order chi connectivity index (χ0) is 10.9. The standard InChI is InChI=1S/C12H11FNO/c1-14-8-6-12(15,7-9-14)10-2-4-11(13)5-3-10/h2-6,8-9,15H,1H3/q+1. The van der Waals surface area contributed by atoms with E-state index in [2.05, 4.69) is 6.08 Å². The molecule has 1 aromatic rings. The second kappa shape index (κ2) is 3.46. The first kappa shape index (κ1) is 9.84. The van der Waals surface area contributed by atoms with Crippen molar-refractivity contribution in [2.75, 3.05) is 7.05 Å². The van der Waals surface area contributed by atoms with Gasteiger partial charge in [-0.2, -0.15) is 0 Å². The maximum absolute atomic E-state index is 12.7. The fourth-order valence-electron chi connectivity index (χ4n) is 1.40. The average molecular weight is 204 g/mol. The van der Waals surface area contributed by atoms with Gasteiger partial charge in [-0.25, -0.2) is 4.39 Å². The number of benzene rings is 1. The second-order valence-electron chi connectivity index (χ2n) is 3.53. The molecule has 2 rings (SSSR count). The number of nitrogens with zero attached hydrogens (tertiary/aromatic N) is 1. The molecule has 3 heteroatoms. The van der Waals surface area contributed by atoms with Crippen molar-refractivity contribution in [1.82, 2.24) is 4.90 Å². The minimum atomic E-state index is -1.25. The topological polar surface area (TPSA) is 23.5 Å². The van der Waals surface area contributed by atoms with Crippen LogP contribution in [0.2, 0.25) is 0 Å². The Labute approximate surface area is 88.0 Å². The van der Waals surface area contributed by atoms with Crippen LogP contribution in [-0.4, -0.2) is 17.1 Å². The highest BCUT2D eigenvalue weighted by Crippen LogP contribution is 2.26. The highest BCUT2D eigenvalue weighted by molar-refractivity contribution is 5.32. The molecular weight excluding hydrogens is 193 g/mol. The molecule has 1 aliphatic heterocycles. The van der Waals surface area contributed by atoms with Crippen molar-refractivity contribution in [2.24, 2.45) is 0 Å². The van der Waals surface area contributed by atoms with Crippen LogP contribution >= 0.6 is 0 Å². The Morgan fingerprint density at radius 1 is 1.33 bits per heavy atom. The van der Waals surface area contributed by atoms with E-state index in [9.17, 15) is 9.50 Å². The fourth-order valence-corrected chi connectivity index (χ4v) is 1.40. The van der Waals surface area contributed by atoms with E-state index < -0.39 is 5.60 Å². The van der Waals surface area contributed by atoms with E-state index in [4.69, 9.17) is 0 Å². The van der Waals surface area contributed by atoms with Crippen LogP contribution in [0.25, 0.3) is 0 Å². The van der Waals surface area contributed by atoms with Crippen molar-refractivity contribution in [1.29, 1.82) is 0 Å². The van der Waals surface area contributed by atoms with Crippen LogP contribution in [0.15, 0.2) is 42.7 Å². The van der Waals surface area contributed by atoms with Crippen LogP contribution in [0.5, 0.6) is 0 Å². The molecule has 1 atom stereocenters. The Morgan fingerprint density at radius 2 is 2.00 bits per heavy atom. The Morgan fingerprint density at radius 3 is 2.53 bits per heavy atom. The minimum Gasteiger partial charge on any atom is -0.336 e. The molecule has 1 aliphatic rings. The summed E-state index contributed by atoms with van der Waals surface area (Å²) in [6.45, 7) is 0. The first-order valence-corrected chi connectivity index (χ1v) is 4.61. The molecular formula is C12H11FNO+. The van der Waals surface area contributed by atoms with Crippen molar-refractivity contribution in [3.05, 3.63) is 60.2 Å². The number of halogens is 1. The van der Waals surface area contributed by atoms with E-state index in [0.29, 0.717) is 5.56 Å². The Kier molecular flexibility index (Phi) is 2.27. The quantitative estimate of drug-likeness (QED) is 0.705. The normalized spacial score (nSPS) is 24.1. The minimum absolute atomic E-state index is 0.316. The first-order chi connectivity index (χ1) is 7.10. The van der Waals surface area contributed by atoms with Crippen molar-refractivity contribution < 1.29 is 9.50 Å². The lowest BCUT2D eigenvalue weighted by Crippen LogP contribution is -2.25. The third-order valence-electron chi connectivity index (χ3n) is 2.32. The van der Waals surface area contributed by atoms with Gasteiger partial charge in [0.05, 0.1) is 0 Å². The molecule has 0 saturated carbocycles. The maximum Gasteiger partial charge on any atom is 0.332 e. The van der Waals surface area contributed by atoms with E-state index in [0.717, 1.165) is 0 Å². The maximum atomic E-state index is 12.7. The molecule has 0 radical (unpaired) electrons. The molecule has 1 unspecified atom stereocenters. The van der Waals surface area contributed by atoms with Gasteiger partial charge in [-0.3, -0.25) is 0 Å². The van der Waals surface area contributed by atoms with Gasteiger partial charge >= 0.3 is 5.60 Å². The molecule has 76 valence electrons. The Balaban J connectivity index is 2.34. The zero-order valence-electron chi connectivity index (χ0n) is 8.31. The monoisotopic (exact) mass is 204 g/mol. The molecule has 0 amide bonds. The molecule has 0 saturated heterocycles. The average Bonchev–Trinajstić information content (AvgIpc) is 2.24. The summed E-state index contributed by atoms with van der Waals surface area (Å²) >= 11 is 0. The predicted molar refractivity (Wildman–Crippen MR) is 55.0 cm³/mol. The fraction of sp³-hybridized carbons (Fsp3) is 0.167. The number of hydrogen-bond donors (Lipinski definition) is 1. The summed E-state index contributed by atoms with van der Waals surface area (Å²) in [5.41, 5.74) is -0.648. The summed E-state index contributed by atoms with van der Waals surface area (Å²) in [6.07, 6.45) is 7.82. The third-order valence-corrected chi connectivity index (χ3v) is 2.32. The highest BCUT2D eigenvalue weighted by atomic mass is 19.1. The number of hydrogen-bond acceptors (Lipinski definition) is 2. The summed E-state index contributed by atoms with van der Waals surface area (Å²) in [5, 5.41) is 10.2. The van der Waals surface area contributed by atoms with Crippen LogP contribution < -0.4 is 0 Å². The summed E-state index contributed by atoms with van der Waals surface area (Å²) in [4.78, 5) is 1.78. The summed E-state index contributed by atoms with van der Waals surface area (Å²) < 4.78 is 12.7. The van der Waals surface area contributed by atoms with Crippen LogP contribution in [0, 0.1) is 11.9 Å². The first-order valence-electron chi connectivity index (χ1n) is 4.61. The van der Waals surface area contributed by atoms with Gasteiger partial charge in [-0.1, -0.05) is 0 Å². The molecule has 1 heterocycles. The van der Waals surface area contributed by atoms with Crippen LogP contribution in [0.1, 0.15) is 5.56 Å². The lowest BCUT2D eigenvalue weighted by atomic mass is 9.92. The summed E-state index contributed by atoms with van der Waals surface area (Å²) in [5.74, 6) is -0.316. The van der Waals surface area contributed by atoms with Gasteiger partial charge in [0.2, 0.25) is 0 Å². The lowest BCUT2D eigenvalue weighted by molar-refractivity contribution is 0.128. The second-order valence-corrected chi connectivity index (χ2v) is 3.53. The van der Waals surface area contributed by atoms with Gasteiger partial charge in [0.25, 0.3) is 12.3 Å². The van der Waals surface area contributed by atoms with Gasteiger partial charge in [-0.15, -0.1) is 0 Å². The van der Waals surface area contributed by atoms with Crippen LogP contribution in [-0.2, 0) is 5.60 Å². The van der Waals surface area contributed by atoms with Gasteiger partial charge in [-0.05, 0) is 24.3 Å². The predicted octanol–water partition coefficient (Wildman–Crippen LogP) is 1.79. The largest absolute Gasteiger partial charge is 0.336 e. The van der Waals surface area contributed by atoms with Gasteiger partial charge in [0, 0.05) is 24.9 Å². The van der Waals surface area contributed by atoms with Crippen molar-refractivity contribution in [3.8, 4) is 0 Å². The molecule has 2 nitrogen and oxygen atoms in total. The summed E-state index contributed by atoms with van der Waals surface area (Å²) in [6, 6.07) is 5.74. The van der Waals surface area contributed by atoms with E-state index in [1.54, 1.807) is 35.5 Å². The third kappa shape index (κ3) is 1.89. The Hall–Kier alpha value is -1.70. The SMILES string of the molecule is CN1C=[C+]C(O)(c2ccc(F)cc2)C=C1. The van der Waals surface area contributed by atoms with Crippen molar-refractivity contribution in [3.63, 3.8) is 0 Å². The molecule has 0 fully saturated rings. The molecule has 0 spiro atoms. The van der Waals surface area contributed by atoms with Gasteiger partial charge in [0.15, 0.2) is 0 Å². The van der Waals surface area contributed by atoms with E-state index in [1.807, 2.05) is 7.05 Å². The highest BCUT2D eigenvalue weighted by Gasteiger charge is 2.39. The smallest absolute Gasteiger partial charge is 0.332 e. The van der Waals surface area contributed by atoms with Crippen molar-refractivity contribution in [2.45, 2.75) is 5.60 Å². The molecule has 0 aromatic heterocycles. The van der Waals surface area contributed by atoms with Crippen LogP contribution in [0.3, 0.4) is 0 Å². The van der Waals surface area contributed by atoms with Gasteiger partial charge in [0.1, 0.15) is 5.82 Å². The van der Waals surface area contributed by atoms with E-state index in [1.165, 1.54) is 12.1 Å². The molecule has 1 N–H and O–H groups in total. The lowest BCUT2D eigenvalue weighted by Gasteiger charge is -2.15. The molecule has 0 aliphatic carbocycles. The van der Waals surface area contributed by atoms with Crippen molar-refractivity contribution >= 4 is 0 Å². The number of rotatable bonds is 1. The van der Waals surface area contributed by atoms with E-state index in [-0.39, 0.29) is 5.82 Å². The molecule has 15 heavy (non-hydrogen) atoms. The van der Waals surface area contributed by atoms with Crippen LogP contribution in [0.4, 0.5) is 4.39 Å². The summed E-state index contributed by atoms with van der Waals surface area (Å²) in [7, 11) is 1.84. The van der Waals surface area contributed by atoms with Gasteiger partial charge < -0.3 is 10.0 Å². The van der Waals surface area contributed by atoms with E-state index >= 15 is 0 Å². The molecule has 0 bridgehead atoms. The molecule has 1 aromatic carbocycles.